The molecule has 0 aliphatic rings. The third-order valence-corrected chi connectivity index (χ3v) is 5.69. The number of hydrogen-bond donors (Lipinski definition) is 1. The minimum absolute atomic E-state index is 0.0359. The van der Waals surface area contributed by atoms with Gasteiger partial charge in [0.05, 0.1) is 17.6 Å². The molecule has 1 aromatic carbocycles. The Labute approximate surface area is 155 Å². The number of anilines is 1. The quantitative estimate of drug-likeness (QED) is 0.479. The zero-order chi connectivity index (χ0) is 18.6. The van der Waals surface area contributed by atoms with Gasteiger partial charge in [0, 0.05) is 24.7 Å². The van der Waals surface area contributed by atoms with Gasteiger partial charge in [-0.05, 0) is 24.2 Å². The topological polar surface area (TPSA) is 62.3 Å². The largest absolute Gasteiger partial charge is 0.434 e. The van der Waals surface area contributed by atoms with E-state index in [2.05, 4.69) is 45.4 Å². The van der Waals surface area contributed by atoms with E-state index in [-0.39, 0.29) is 12.5 Å². The lowest BCUT2D eigenvalue weighted by atomic mass is 10.1. The van der Waals surface area contributed by atoms with Crippen LogP contribution in [0.15, 0.2) is 28.9 Å². The average Bonchev–Trinajstić information content (AvgIpc) is 2.85. The van der Waals surface area contributed by atoms with E-state index in [1.165, 1.54) is 12.3 Å². The molecule has 25 heavy (non-hydrogen) atoms. The highest BCUT2D eigenvalue weighted by molar-refractivity contribution is 9.10. The van der Waals surface area contributed by atoms with Crippen LogP contribution in [0.25, 0.3) is 11.3 Å². The van der Waals surface area contributed by atoms with E-state index in [4.69, 9.17) is 10.5 Å². The van der Waals surface area contributed by atoms with Gasteiger partial charge >= 0.3 is 6.61 Å². The summed E-state index contributed by atoms with van der Waals surface area (Å²) in [6, 6.07) is 5.79. The van der Waals surface area contributed by atoms with Crippen molar-refractivity contribution < 1.29 is 18.3 Å². The first-order valence-electron chi connectivity index (χ1n) is 7.81. The molecule has 0 amide bonds. The highest BCUT2D eigenvalue weighted by atomic mass is 79.9. The lowest BCUT2D eigenvalue weighted by Gasteiger charge is -2.17. The Kier molecular flexibility index (Phi) is 6.58. The summed E-state index contributed by atoms with van der Waals surface area (Å²) < 4.78 is 38.0. The van der Waals surface area contributed by atoms with Crippen molar-refractivity contribution in [1.29, 1.82) is 0 Å². The van der Waals surface area contributed by atoms with Crippen molar-refractivity contribution in [3.8, 4) is 17.0 Å². The first kappa shape index (κ1) is 19.9. The van der Waals surface area contributed by atoms with E-state index in [0.717, 1.165) is 10.5 Å². The predicted molar refractivity (Wildman–Crippen MR) is 101 cm³/mol. The Balaban J connectivity index is 2.25. The molecule has 5 nitrogen and oxygen atoms in total. The van der Waals surface area contributed by atoms with Crippen LogP contribution in [-0.2, 0) is 11.5 Å². The maximum atomic E-state index is 12.7. The summed E-state index contributed by atoms with van der Waals surface area (Å²) in [5.41, 5.74) is 7.29. The number of ether oxygens (including phenoxy) is 2. The molecule has 0 aliphatic heterocycles. The minimum Gasteiger partial charge on any atom is -0.434 e. The molecule has 0 saturated heterocycles. The molecule has 138 valence electrons. The van der Waals surface area contributed by atoms with Gasteiger partial charge in [-0.1, -0.05) is 35.6 Å². The number of benzene rings is 1. The van der Waals surface area contributed by atoms with Gasteiger partial charge in [-0.25, -0.2) is 4.68 Å². The van der Waals surface area contributed by atoms with Crippen molar-refractivity contribution >= 4 is 29.7 Å². The van der Waals surface area contributed by atoms with Gasteiger partial charge in [-0.2, -0.15) is 13.9 Å². The van der Waals surface area contributed by atoms with Crippen molar-refractivity contribution in [2.75, 3.05) is 12.3 Å². The Morgan fingerprint density at radius 1 is 1.32 bits per heavy atom. The molecule has 2 N–H and O–H groups in total. The number of alkyl halides is 2. The average molecular weight is 434 g/mol. The van der Waals surface area contributed by atoms with Crippen LogP contribution in [0.3, 0.4) is 0 Å². The molecule has 0 atom stereocenters. The van der Waals surface area contributed by atoms with Gasteiger partial charge in [-0.15, -0.1) is 0 Å². The fraction of sp³-hybridized carbons (Fsp3) is 0.438. The number of halogens is 3. The summed E-state index contributed by atoms with van der Waals surface area (Å²) in [5.74, 6) is 0.0359. The molecule has 0 fully saturated rings. The number of aromatic nitrogens is 2. The Morgan fingerprint density at radius 2 is 2.04 bits per heavy atom. The molecule has 0 spiro atoms. The summed E-state index contributed by atoms with van der Waals surface area (Å²) >= 11 is 3.34. The Morgan fingerprint density at radius 3 is 2.68 bits per heavy atom. The molecule has 0 radical (unpaired) electrons. The SMILES string of the molecule is C[Si](C)(C)CCOCn1ncc(N)c1-c1cc(Br)ccc1OC(F)F. The van der Waals surface area contributed by atoms with Crippen molar-refractivity contribution in [2.45, 2.75) is 39.0 Å². The number of nitrogens with zero attached hydrogens (tertiary/aromatic N) is 2. The highest BCUT2D eigenvalue weighted by Crippen LogP contribution is 2.36. The molecule has 2 aromatic rings. The van der Waals surface area contributed by atoms with Crippen LogP contribution in [0.5, 0.6) is 5.75 Å². The van der Waals surface area contributed by atoms with E-state index in [1.54, 1.807) is 16.8 Å². The fourth-order valence-corrected chi connectivity index (χ4v) is 3.33. The lowest BCUT2D eigenvalue weighted by molar-refractivity contribution is -0.0495. The van der Waals surface area contributed by atoms with E-state index in [1.807, 2.05) is 0 Å². The molecule has 1 aromatic heterocycles. The van der Waals surface area contributed by atoms with Gasteiger partial charge in [0.15, 0.2) is 0 Å². The maximum Gasteiger partial charge on any atom is 0.387 e. The van der Waals surface area contributed by atoms with Gasteiger partial charge in [0.25, 0.3) is 0 Å². The van der Waals surface area contributed by atoms with Crippen molar-refractivity contribution in [3.05, 3.63) is 28.9 Å². The van der Waals surface area contributed by atoms with Crippen LogP contribution < -0.4 is 10.5 Å². The van der Waals surface area contributed by atoms with Crippen LogP contribution in [0.2, 0.25) is 25.7 Å². The molecule has 0 aliphatic carbocycles. The van der Waals surface area contributed by atoms with E-state index < -0.39 is 14.7 Å². The molecule has 9 heteroatoms. The molecule has 1 heterocycles. The van der Waals surface area contributed by atoms with Crippen LogP contribution in [0, 0.1) is 0 Å². The Hall–Kier alpha value is -1.45. The first-order chi connectivity index (χ1) is 11.7. The van der Waals surface area contributed by atoms with Crippen molar-refractivity contribution in [3.63, 3.8) is 0 Å². The fourth-order valence-electron chi connectivity index (χ4n) is 2.21. The van der Waals surface area contributed by atoms with E-state index in [9.17, 15) is 8.78 Å². The molecule has 2 rings (SSSR count). The van der Waals surface area contributed by atoms with Gasteiger partial charge in [0.1, 0.15) is 12.5 Å². The second kappa shape index (κ2) is 8.28. The molecule has 0 unspecified atom stereocenters. The van der Waals surface area contributed by atoms with Crippen molar-refractivity contribution in [2.24, 2.45) is 0 Å². The second-order valence-corrected chi connectivity index (χ2v) is 13.4. The third kappa shape index (κ3) is 5.79. The summed E-state index contributed by atoms with van der Waals surface area (Å²) in [5, 5.41) is 4.20. The van der Waals surface area contributed by atoms with Crippen LogP contribution in [0.1, 0.15) is 0 Å². The second-order valence-electron chi connectivity index (χ2n) is 6.82. The summed E-state index contributed by atoms with van der Waals surface area (Å²) in [6.07, 6.45) is 1.48. The maximum absolute atomic E-state index is 12.7. The monoisotopic (exact) mass is 433 g/mol. The van der Waals surface area contributed by atoms with E-state index >= 15 is 0 Å². The molecular formula is C16H22BrF2N3O2Si. The Bertz CT molecular complexity index is 720. The molecule has 0 bridgehead atoms. The van der Waals surface area contributed by atoms with Crippen LogP contribution in [0.4, 0.5) is 14.5 Å². The number of nitrogen functional groups attached to an aromatic ring is 1. The molecular weight excluding hydrogens is 412 g/mol. The van der Waals surface area contributed by atoms with Gasteiger partial charge in [-0.3, -0.25) is 0 Å². The zero-order valence-corrected chi connectivity index (χ0v) is 17.0. The van der Waals surface area contributed by atoms with Gasteiger partial charge < -0.3 is 15.2 Å². The predicted octanol–water partition coefficient (Wildman–Crippen LogP) is 4.81. The third-order valence-electron chi connectivity index (χ3n) is 3.49. The number of hydrogen-bond acceptors (Lipinski definition) is 4. The van der Waals surface area contributed by atoms with Crippen LogP contribution in [-0.4, -0.2) is 31.1 Å². The summed E-state index contributed by atoms with van der Waals surface area (Å²) in [4.78, 5) is 0. The van der Waals surface area contributed by atoms with E-state index in [0.29, 0.717) is 23.6 Å². The smallest absolute Gasteiger partial charge is 0.387 e. The van der Waals surface area contributed by atoms with Crippen molar-refractivity contribution in [1.82, 2.24) is 9.78 Å². The minimum atomic E-state index is -2.93. The number of nitrogens with two attached hydrogens (primary N) is 1. The standard InChI is InChI=1S/C16H22BrF2N3O2Si/c1-25(2,3)7-6-23-10-22-15(13(20)9-21-22)12-8-11(17)4-5-14(12)24-16(18)19/h4-5,8-9,16H,6-7,10,20H2,1-3H3. The lowest BCUT2D eigenvalue weighted by Crippen LogP contribution is -2.22. The summed E-state index contributed by atoms with van der Waals surface area (Å²) in [7, 11) is -1.19. The first-order valence-corrected chi connectivity index (χ1v) is 12.3. The highest BCUT2D eigenvalue weighted by Gasteiger charge is 2.19. The van der Waals surface area contributed by atoms with Gasteiger partial charge in [0.2, 0.25) is 0 Å². The summed E-state index contributed by atoms with van der Waals surface area (Å²) in [6.45, 7) is 4.69. The number of rotatable bonds is 8. The van der Waals surface area contributed by atoms with Crippen LogP contribution >= 0.6 is 15.9 Å². The molecule has 0 saturated carbocycles. The normalized spacial score (nSPS) is 12.0. The zero-order valence-electron chi connectivity index (χ0n) is 14.4.